The Morgan fingerprint density at radius 3 is 2.64 bits per heavy atom. The number of hydrogen-bond acceptors (Lipinski definition) is 6. The van der Waals surface area contributed by atoms with Crippen LogP contribution in [0.4, 0.5) is 4.39 Å². The number of aliphatic hydroxyl groups excluding tert-OH is 1. The summed E-state index contributed by atoms with van der Waals surface area (Å²) >= 11 is 0. The number of nitrogens with zero attached hydrogens (tertiary/aromatic N) is 3. The number of Topliss-reactive ketones (excluding diaryl/α,β-unsaturated/α-hetero) is 1. The lowest BCUT2D eigenvalue weighted by atomic mass is 9.93. The number of carbonyl (C=O) groups excluding carboxylic acids is 3. The third-order valence-electron chi connectivity index (χ3n) is 6.27. The lowest BCUT2D eigenvalue weighted by Crippen LogP contribution is -2.31. The Hall–Kier alpha value is -4.21. The first kappa shape index (κ1) is 24.9. The molecule has 0 radical (unpaired) electrons. The van der Waals surface area contributed by atoms with Crippen LogP contribution in [0.2, 0.25) is 0 Å². The number of benzene rings is 1. The second-order valence-corrected chi connectivity index (χ2v) is 8.51. The van der Waals surface area contributed by atoms with Crippen molar-refractivity contribution in [2.75, 3.05) is 13.2 Å². The summed E-state index contributed by atoms with van der Waals surface area (Å²) < 4.78 is 21.9. The molecular formula is C26H27FN4O5. The lowest BCUT2D eigenvalue weighted by molar-refractivity contribution is -0.140. The smallest absolute Gasteiger partial charge is 0.355 e. The van der Waals surface area contributed by atoms with Crippen LogP contribution in [0.15, 0.2) is 48.6 Å². The van der Waals surface area contributed by atoms with Crippen molar-refractivity contribution < 1.29 is 28.6 Å². The highest BCUT2D eigenvalue weighted by Crippen LogP contribution is 2.41. The fourth-order valence-corrected chi connectivity index (χ4v) is 4.62. The average molecular weight is 495 g/mol. The van der Waals surface area contributed by atoms with E-state index in [9.17, 15) is 23.9 Å². The summed E-state index contributed by atoms with van der Waals surface area (Å²) in [6.07, 6.45) is 5.53. The fraction of sp³-hybridized carbons (Fsp3) is 0.308. The molecule has 0 bridgehead atoms. The van der Waals surface area contributed by atoms with E-state index in [1.54, 1.807) is 45.6 Å². The molecule has 1 amide bonds. The van der Waals surface area contributed by atoms with Crippen LogP contribution in [0.25, 0.3) is 5.76 Å². The topological polar surface area (TPSA) is 118 Å². The minimum atomic E-state index is -1.13. The van der Waals surface area contributed by atoms with Gasteiger partial charge in [0.2, 0.25) is 0 Å². The number of hydrogen-bond donors (Lipinski definition) is 2. The minimum Gasteiger partial charge on any atom is -0.507 e. The number of ketones is 1. The van der Waals surface area contributed by atoms with Crippen LogP contribution in [0.1, 0.15) is 52.3 Å². The van der Waals surface area contributed by atoms with Gasteiger partial charge in [0.1, 0.15) is 17.3 Å². The number of carbonyl (C=O) groups is 3. The van der Waals surface area contributed by atoms with Gasteiger partial charge in [-0.05, 0) is 38.8 Å². The highest BCUT2D eigenvalue weighted by molar-refractivity contribution is 6.46. The Morgan fingerprint density at radius 1 is 1.22 bits per heavy atom. The molecule has 1 saturated heterocycles. The quantitative estimate of drug-likeness (QED) is 0.214. The van der Waals surface area contributed by atoms with E-state index in [4.69, 9.17) is 4.74 Å². The van der Waals surface area contributed by atoms with E-state index in [2.05, 4.69) is 9.97 Å². The molecule has 3 aromatic rings. The third-order valence-corrected chi connectivity index (χ3v) is 6.27. The fourth-order valence-electron chi connectivity index (χ4n) is 4.62. The predicted molar refractivity (Wildman–Crippen MR) is 128 cm³/mol. The van der Waals surface area contributed by atoms with Crippen LogP contribution >= 0.6 is 0 Å². The molecule has 2 N–H and O–H groups in total. The number of rotatable bonds is 8. The summed E-state index contributed by atoms with van der Waals surface area (Å²) in [5, 5.41) is 11.4. The van der Waals surface area contributed by atoms with Gasteiger partial charge >= 0.3 is 5.97 Å². The molecule has 0 unspecified atom stereocenters. The zero-order chi connectivity index (χ0) is 26.0. The van der Waals surface area contributed by atoms with E-state index in [1.807, 2.05) is 4.57 Å². The minimum absolute atomic E-state index is 0.0948. The standard InChI is InChI=1S/C26H27FN4O5/c1-4-36-26(35)21-15(2)19(16(3)29-21)23(32)20-22(17-8-5-6-9-18(17)27)31(25(34)24(20)33)12-7-11-30-13-10-28-14-30/h5-6,8-10,13-14,22,29,32H,4,7,11-12H2,1-3H3/t22-/m0/s1. The number of likely N-dealkylation sites (tertiary alicyclic amines) is 1. The van der Waals surface area contributed by atoms with Gasteiger partial charge in [-0.2, -0.15) is 0 Å². The molecule has 1 fully saturated rings. The summed E-state index contributed by atoms with van der Waals surface area (Å²) in [4.78, 5) is 46.9. The molecule has 4 rings (SSSR count). The van der Waals surface area contributed by atoms with Crippen molar-refractivity contribution in [3.05, 3.63) is 82.5 Å². The van der Waals surface area contributed by atoms with E-state index in [-0.39, 0.29) is 35.5 Å². The SMILES string of the molecule is CCOC(=O)c1[nH]c(C)c(C(O)=C2C(=O)C(=O)N(CCCn3ccnc3)[C@H]2c2ccccc2F)c1C. The highest BCUT2D eigenvalue weighted by Gasteiger charge is 2.47. The number of nitrogens with one attached hydrogen (secondary N) is 1. The van der Waals surface area contributed by atoms with Crippen LogP contribution in [0.5, 0.6) is 0 Å². The third kappa shape index (κ3) is 4.41. The Bertz CT molecular complexity index is 1340. The monoisotopic (exact) mass is 494 g/mol. The van der Waals surface area contributed by atoms with Crippen molar-refractivity contribution in [2.45, 2.75) is 39.8 Å². The second kappa shape index (κ2) is 10.2. The summed E-state index contributed by atoms with van der Waals surface area (Å²) in [5.74, 6) is -3.43. The van der Waals surface area contributed by atoms with Gasteiger partial charge in [-0.15, -0.1) is 0 Å². The molecule has 0 saturated carbocycles. The molecule has 2 aromatic heterocycles. The van der Waals surface area contributed by atoms with Gasteiger partial charge in [0, 0.05) is 42.3 Å². The summed E-state index contributed by atoms with van der Waals surface area (Å²) in [6.45, 7) is 5.75. The van der Waals surface area contributed by atoms with Gasteiger partial charge in [0.05, 0.1) is 24.5 Å². The molecule has 1 aliphatic heterocycles. The van der Waals surface area contributed by atoms with E-state index < -0.39 is 35.3 Å². The summed E-state index contributed by atoms with van der Waals surface area (Å²) in [5.41, 5.74) is 0.975. The predicted octanol–water partition coefficient (Wildman–Crippen LogP) is 3.66. The Kier molecular flexibility index (Phi) is 7.05. The van der Waals surface area contributed by atoms with Crippen molar-refractivity contribution in [1.29, 1.82) is 0 Å². The largest absolute Gasteiger partial charge is 0.507 e. The van der Waals surface area contributed by atoms with E-state index >= 15 is 0 Å². The average Bonchev–Trinajstić information content (AvgIpc) is 3.53. The molecule has 9 nitrogen and oxygen atoms in total. The maximum Gasteiger partial charge on any atom is 0.355 e. The molecule has 3 heterocycles. The molecule has 1 aromatic carbocycles. The number of esters is 1. The van der Waals surface area contributed by atoms with Crippen LogP contribution in [-0.4, -0.2) is 55.4 Å². The number of aromatic nitrogens is 3. The number of aliphatic hydroxyl groups is 1. The first-order valence-electron chi connectivity index (χ1n) is 11.6. The molecular weight excluding hydrogens is 467 g/mol. The molecule has 10 heteroatoms. The van der Waals surface area contributed by atoms with Gasteiger partial charge in [0.15, 0.2) is 0 Å². The molecule has 0 spiro atoms. The summed E-state index contributed by atoms with van der Waals surface area (Å²) in [7, 11) is 0. The molecule has 1 atom stereocenters. The van der Waals surface area contributed by atoms with E-state index in [0.29, 0.717) is 24.2 Å². The molecule has 36 heavy (non-hydrogen) atoms. The van der Waals surface area contributed by atoms with Crippen molar-refractivity contribution >= 4 is 23.4 Å². The Labute approximate surface area is 207 Å². The first-order valence-corrected chi connectivity index (χ1v) is 11.6. The number of imidazole rings is 1. The number of amides is 1. The number of aromatic amines is 1. The summed E-state index contributed by atoms with van der Waals surface area (Å²) in [6, 6.07) is 4.72. The first-order chi connectivity index (χ1) is 17.3. The number of ether oxygens (including phenoxy) is 1. The van der Waals surface area contributed by atoms with Crippen molar-refractivity contribution in [3.63, 3.8) is 0 Å². The number of aryl methyl sites for hydroxylation is 2. The lowest BCUT2D eigenvalue weighted by Gasteiger charge is -2.25. The Balaban J connectivity index is 1.80. The molecule has 188 valence electrons. The van der Waals surface area contributed by atoms with Gasteiger partial charge in [0.25, 0.3) is 11.7 Å². The normalized spacial score (nSPS) is 17.1. The zero-order valence-corrected chi connectivity index (χ0v) is 20.2. The number of H-pyrrole nitrogens is 1. The molecule has 1 aliphatic rings. The van der Waals surface area contributed by atoms with E-state index in [0.717, 1.165) is 0 Å². The van der Waals surface area contributed by atoms with Crippen LogP contribution in [0, 0.1) is 19.7 Å². The van der Waals surface area contributed by atoms with Crippen molar-refractivity contribution in [1.82, 2.24) is 19.4 Å². The van der Waals surface area contributed by atoms with Crippen molar-refractivity contribution in [2.24, 2.45) is 0 Å². The van der Waals surface area contributed by atoms with Crippen LogP contribution in [-0.2, 0) is 20.9 Å². The van der Waals surface area contributed by atoms with Crippen LogP contribution < -0.4 is 0 Å². The second-order valence-electron chi connectivity index (χ2n) is 8.51. The van der Waals surface area contributed by atoms with Crippen LogP contribution in [0.3, 0.4) is 0 Å². The van der Waals surface area contributed by atoms with Gasteiger partial charge in [-0.3, -0.25) is 9.59 Å². The van der Waals surface area contributed by atoms with Gasteiger partial charge in [-0.1, -0.05) is 18.2 Å². The number of halogens is 1. The maximum absolute atomic E-state index is 15.0. The van der Waals surface area contributed by atoms with Crippen molar-refractivity contribution in [3.8, 4) is 0 Å². The Morgan fingerprint density at radius 2 is 1.97 bits per heavy atom. The van der Waals surface area contributed by atoms with Gasteiger partial charge in [-0.25, -0.2) is 14.2 Å². The maximum atomic E-state index is 15.0. The molecule has 0 aliphatic carbocycles. The zero-order valence-electron chi connectivity index (χ0n) is 20.2. The highest BCUT2D eigenvalue weighted by atomic mass is 19.1. The van der Waals surface area contributed by atoms with E-state index in [1.165, 1.54) is 23.1 Å². The van der Waals surface area contributed by atoms with Gasteiger partial charge < -0.3 is 24.3 Å².